The van der Waals surface area contributed by atoms with Gasteiger partial charge < -0.3 is 9.63 Å². The van der Waals surface area contributed by atoms with E-state index < -0.39 is 5.97 Å². The van der Waals surface area contributed by atoms with Crippen molar-refractivity contribution >= 4 is 5.97 Å². The lowest BCUT2D eigenvalue weighted by Crippen LogP contribution is -2.10. The molecular formula is C10H12N2O3. The fourth-order valence-corrected chi connectivity index (χ4v) is 1.97. The van der Waals surface area contributed by atoms with Gasteiger partial charge in [-0.25, -0.2) is 0 Å². The molecule has 2 aliphatic carbocycles. The van der Waals surface area contributed by atoms with Crippen LogP contribution in [-0.2, 0) is 4.79 Å². The van der Waals surface area contributed by atoms with Crippen molar-refractivity contribution in [2.75, 3.05) is 0 Å². The summed E-state index contributed by atoms with van der Waals surface area (Å²) in [4.78, 5) is 14.9. The van der Waals surface area contributed by atoms with Crippen LogP contribution in [0.1, 0.15) is 49.2 Å². The summed E-state index contributed by atoms with van der Waals surface area (Å²) >= 11 is 0. The van der Waals surface area contributed by atoms with E-state index in [9.17, 15) is 4.79 Å². The van der Waals surface area contributed by atoms with Crippen molar-refractivity contribution in [2.45, 2.75) is 37.5 Å². The first-order chi connectivity index (χ1) is 7.25. The molecule has 0 radical (unpaired) electrons. The van der Waals surface area contributed by atoms with Crippen LogP contribution in [0.25, 0.3) is 0 Å². The van der Waals surface area contributed by atoms with Crippen molar-refractivity contribution in [3.05, 3.63) is 11.7 Å². The van der Waals surface area contributed by atoms with Crippen molar-refractivity contribution in [1.29, 1.82) is 0 Å². The molecule has 0 aromatic carbocycles. The summed E-state index contributed by atoms with van der Waals surface area (Å²) in [6.07, 6.45) is 4.13. The van der Waals surface area contributed by atoms with Crippen molar-refractivity contribution in [1.82, 2.24) is 10.1 Å². The van der Waals surface area contributed by atoms with Crippen LogP contribution in [0.5, 0.6) is 0 Å². The maximum atomic E-state index is 10.7. The zero-order valence-corrected chi connectivity index (χ0v) is 8.22. The summed E-state index contributed by atoms with van der Waals surface area (Å²) < 4.78 is 5.10. The number of carboxylic acid groups (broad SMARTS) is 1. The summed E-state index contributed by atoms with van der Waals surface area (Å²) in [5.41, 5.74) is 0. The fraction of sp³-hybridized carbons (Fsp3) is 0.700. The highest BCUT2D eigenvalue weighted by Crippen LogP contribution is 2.47. The van der Waals surface area contributed by atoms with Gasteiger partial charge in [-0.3, -0.25) is 4.79 Å². The molecule has 0 aliphatic heterocycles. The average molecular weight is 208 g/mol. The quantitative estimate of drug-likeness (QED) is 0.815. The monoisotopic (exact) mass is 208 g/mol. The van der Waals surface area contributed by atoms with E-state index in [4.69, 9.17) is 9.63 Å². The Morgan fingerprint density at radius 1 is 1.47 bits per heavy atom. The van der Waals surface area contributed by atoms with Gasteiger partial charge in [0.1, 0.15) is 0 Å². The predicted octanol–water partition coefficient (Wildman–Crippen LogP) is 1.53. The van der Waals surface area contributed by atoms with Gasteiger partial charge in [0.25, 0.3) is 0 Å². The number of hydrogen-bond acceptors (Lipinski definition) is 4. The van der Waals surface area contributed by atoms with E-state index in [1.165, 1.54) is 6.42 Å². The van der Waals surface area contributed by atoms with Gasteiger partial charge in [0.2, 0.25) is 5.89 Å². The number of nitrogens with zero attached hydrogens (tertiary/aromatic N) is 2. The molecule has 1 N–H and O–H groups in total. The largest absolute Gasteiger partial charge is 0.481 e. The summed E-state index contributed by atoms with van der Waals surface area (Å²) in [5.74, 6) is 0.632. The molecule has 0 spiro atoms. The van der Waals surface area contributed by atoms with E-state index in [0.29, 0.717) is 18.2 Å². The third-order valence-corrected chi connectivity index (χ3v) is 3.35. The highest BCUT2D eigenvalue weighted by atomic mass is 16.5. The van der Waals surface area contributed by atoms with Gasteiger partial charge >= 0.3 is 5.97 Å². The molecule has 2 saturated carbocycles. The zero-order chi connectivity index (χ0) is 10.4. The van der Waals surface area contributed by atoms with E-state index in [-0.39, 0.29) is 11.8 Å². The number of rotatable bonds is 3. The van der Waals surface area contributed by atoms with Crippen LogP contribution in [0.15, 0.2) is 4.52 Å². The minimum Gasteiger partial charge on any atom is -0.481 e. The van der Waals surface area contributed by atoms with Gasteiger partial charge in [-0.1, -0.05) is 11.6 Å². The highest BCUT2D eigenvalue weighted by molar-refractivity contribution is 5.74. The molecule has 0 saturated heterocycles. The molecule has 1 aromatic heterocycles. The van der Waals surface area contributed by atoms with Crippen LogP contribution < -0.4 is 0 Å². The molecule has 0 bridgehead atoms. The van der Waals surface area contributed by atoms with Crippen molar-refractivity contribution in [3.8, 4) is 0 Å². The van der Waals surface area contributed by atoms with Crippen LogP contribution in [0, 0.1) is 5.92 Å². The number of aliphatic carboxylic acids is 1. The molecule has 5 nitrogen and oxygen atoms in total. The molecule has 5 heteroatoms. The van der Waals surface area contributed by atoms with Gasteiger partial charge in [0.05, 0.1) is 11.8 Å². The molecule has 2 fully saturated rings. The Hall–Kier alpha value is -1.39. The first-order valence-electron chi connectivity index (χ1n) is 5.32. The molecule has 2 unspecified atom stereocenters. The van der Waals surface area contributed by atoms with Gasteiger partial charge in [-0.05, 0) is 19.3 Å². The Morgan fingerprint density at radius 3 is 2.80 bits per heavy atom. The van der Waals surface area contributed by atoms with Crippen molar-refractivity contribution in [3.63, 3.8) is 0 Å². The second kappa shape index (κ2) is 3.05. The fourth-order valence-electron chi connectivity index (χ4n) is 1.97. The summed E-state index contributed by atoms with van der Waals surface area (Å²) in [5, 5.41) is 12.7. The molecule has 2 atom stereocenters. The van der Waals surface area contributed by atoms with Gasteiger partial charge in [0, 0.05) is 5.92 Å². The van der Waals surface area contributed by atoms with E-state index in [2.05, 4.69) is 10.1 Å². The van der Waals surface area contributed by atoms with E-state index in [1.54, 1.807) is 0 Å². The van der Waals surface area contributed by atoms with Gasteiger partial charge in [-0.2, -0.15) is 4.98 Å². The van der Waals surface area contributed by atoms with Crippen LogP contribution in [0.4, 0.5) is 0 Å². The molecule has 1 aromatic rings. The van der Waals surface area contributed by atoms with Crippen molar-refractivity contribution in [2.24, 2.45) is 5.92 Å². The number of carbonyl (C=O) groups is 1. The van der Waals surface area contributed by atoms with E-state index in [1.807, 2.05) is 0 Å². The minimum absolute atomic E-state index is 0.0381. The number of hydrogen-bond donors (Lipinski definition) is 1. The number of carboxylic acids is 1. The molecule has 3 rings (SSSR count). The second-order valence-electron chi connectivity index (χ2n) is 4.41. The Labute approximate surface area is 86.5 Å². The Kier molecular flexibility index (Phi) is 1.81. The Balaban J connectivity index is 1.72. The molecule has 2 aliphatic rings. The second-order valence-corrected chi connectivity index (χ2v) is 4.41. The summed E-state index contributed by atoms with van der Waals surface area (Å²) in [7, 11) is 0. The topological polar surface area (TPSA) is 76.2 Å². The lowest BCUT2D eigenvalue weighted by atomic mass is 9.85. The van der Waals surface area contributed by atoms with Crippen LogP contribution >= 0.6 is 0 Å². The van der Waals surface area contributed by atoms with Gasteiger partial charge in [0.15, 0.2) is 5.82 Å². The highest BCUT2D eigenvalue weighted by Gasteiger charge is 2.48. The minimum atomic E-state index is -0.761. The standard InChI is InChI=1S/C10H12N2O3/c13-10(14)7-4-6(7)9-11-8(12-15-9)5-2-1-3-5/h5-7H,1-4H2,(H,13,14). The van der Waals surface area contributed by atoms with Crippen LogP contribution in [0.2, 0.25) is 0 Å². The normalized spacial score (nSPS) is 29.9. The molecule has 80 valence electrons. The van der Waals surface area contributed by atoms with E-state index >= 15 is 0 Å². The van der Waals surface area contributed by atoms with Gasteiger partial charge in [-0.15, -0.1) is 0 Å². The van der Waals surface area contributed by atoms with Crippen LogP contribution in [-0.4, -0.2) is 21.2 Å². The third-order valence-electron chi connectivity index (χ3n) is 3.35. The maximum absolute atomic E-state index is 10.7. The number of aromatic nitrogens is 2. The first kappa shape index (κ1) is 8.88. The first-order valence-corrected chi connectivity index (χ1v) is 5.32. The third kappa shape index (κ3) is 1.42. The smallest absolute Gasteiger partial charge is 0.307 e. The summed E-state index contributed by atoms with van der Waals surface area (Å²) in [6, 6.07) is 0. The maximum Gasteiger partial charge on any atom is 0.307 e. The predicted molar refractivity (Wildman–Crippen MR) is 49.4 cm³/mol. The molecule has 15 heavy (non-hydrogen) atoms. The Bertz CT molecular complexity index is 397. The molecule has 1 heterocycles. The SMILES string of the molecule is O=C(O)C1CC1c1nc(C2CCC2)no1. The lowest BCUT2D eigenvalue weighted by Gasteiger charge is -2.20. The van der Waals surface area contributed by atoms with E-state index in [0.717, 1.165) is 18.7 Å². The molecule has 0 amide bonds. The Morgan fingerprint density at radius 2 is 2.27 bits per heavy atom. The lowest BCUT2D eigenvalue weighted by molar-refractivity contribution is -0.138. The summed E-state index contributed by atoms with van der Waals surface area (Å²) in [6.45, 7) is 0. The zero-order valence-electron chi connectivity index (χ0n) is 8.22. The molecular weight excluding hydrogens is 196 g/mol. The van der Waals surface area contributed by atoms with Crippen molar-refractivity contribution < 1.29 is 14.4 Å². The van der Waals surface area contributed by atoms with Crippen LogP contribution in [0.3, 0.4) is 0 Å². The average Bonchev–Trinajstić information content (AvgIpc) is 2.78.